The van der Waals surface area contributed by atoms with E-state index in [9.17, 15) is 4.79 Å². The summed E-state index contributed by atoms with van der Waals surface area (Å²) in [6.45, 7) is 5.91. The number of amides is 1. The molecular weight excluding hydrogens is 342 g/mol. The average molecular weight is 367 g/mol. The molecule has 0 bridgehead atoms. The Balaban J connectivity index is 1.97. The van der Waals surface area contributed by atoms with E-state index in [4.69, 9.17) is 0 Å². The number of anilines is 1. The third-order valence-corrected chi connectivity index (χ3v) is 4.81. The fraction of sp³-hybridized carbons (Fsp3) is 0.115. The van der Waals surface area contributed by atoms with Gasteiger partial charge in [0.15, 0.2) is 0 Å². The second-order valence-corrected chi connectivity index (χ2v) is 6.90. The van der Waals surface area contributed by atoms with Gasteiger partial charge in [-0.25, -0.2) is 0 Å². The lowest BCUT2D eigenvalue weighted by molar-refractivity contribution is -0.112. The second-order valence-electron chi connectivity index (χ2n) is 6.90. The van der Waals surface area contributed by atoms with Crippen molar-refractivity contribution in [2.24, 2.45) is 0 Å². The van der Waals surface area contributed by atoms with Crippen LogP contribution in [0, 0.1) is 6.92 Å². The van der Waals surface area contributed by atoms with E-state index in [1.54, 1.807) is 0 Å². The summed E-state index contributed by atoms with van der Waals surface area (Å²) < 4.78 is 0. The third kappa shape index (κ3) is 4.86. The van der Waals surface area contributed by atoms with Gasteiger partial charge in [-0.3, -0.25) is 4.79 Å². The number of carbonyl (C=O) groups is 1. The Bertz CT molecular complexity index is 997. The number of rotatable bonds is 5. The second kappa shape index (κ2) is 9.01. The molecule has 2 heteroatoms. The Morgan fingerprint density at radius 2 is 1.32 bits per heavy atom. The number of allylic oxidation sites excluding steroid dienone is 2. The van der Waals surface area contributed by atoms with Crippen molar-refractivity contribution >= 4 is 23.2 Å². The largest absolute Gasteiger partial charge is 0.322 e. The van der Waals surface area contributed by atoms with Crippen LogP contribution in [0.5, 0.6) is 0 Å². The van der Waals surface area contributed by atoms with E-state index in [0.29, 0.717) is 5.57 Å². The monoisotopic (exact) mass is 367 g/mol. The summed E-state index contributed by atoms with van der Waals surface area (Å²) in [6.07, 6.45) is 2.13. The Hall–Kier alpha value is -3.39. The molecule has 0 atom stereocenters. The van der Waals surface area contributed by atoms with Crippen molar-refractivity contribution in [3.05, 3.63) is 113 Å². The van der Waals surface area contributed by atoms with Gasteiger partial charge in [0.05, 0.1) is 0 Å². The van der Waals surface area contributed by atoms with Crippen LogP contribution in [0.4, 0.5) is 5.69 Å². The van der Waals surface area contributed by atoms with Crippen LogP contribution in [0.3, 0.4) is 0 Å². The molecule has 0 aromatic heterocycles. The summed E-state index contributed by atoms with van der Waals surface area (Å²) in [5, 5.41) is 3.00. The van der Waals surface area contributed by atoms with Gasteiger partial charge < -0.3 is 5.32 Å². The molecule has 0 heterocycles. The van der Waals surface area contributed by atoms with Crippen molar-refractivity contribution in [2.45, 2.75) is 20.8 Å². The number of benzene rings is 3. The van der Waals surface area contributed by atoms with Crippen LogP contribution >= 0.6 is 0 Å². The summed E-state index contributed by atoms with van der Waals surface area (Å²) in [7, 11) is 0. The first-order valence-corrected chi connectivity index (χ1v) is 9.42. The molecule has 0 unspecified atom stereocenters. The lowest BCUT2D eigenvalue weighted by atomic mass is 9.93. The van der Waals surface area contributed by atoms with E-state index in [1.807, 2.05) is 81.4 Å². The molecule has 0 saturated heterocycles. The van der Waals surface area contributed by atoms with Gasteiger partial charge in [0, 0.05) is 11.3 Å². The van der Waals surface area contributed by atoms with Crippen molar-refractivity contribution < 1.29 is 4.79 Å². The predicted octanol–water partition coefficient (Wildman–Crippen LogP) is 6.51. The molecule has 2 nitrogen and oxygen atoms in total. The fourth-order valence-electron chi connectivity index (χ4n) is 2.98. The topological polar surface area (TPSA) is 29.1 Å². The summed E-state index contributed by atoms with van der Waals surface area (Å²) >= 11 is 0. The van der Waals surface area contributed by atoms with Crippen LogP contribution in [0.2, 0.25) is 0 Å². The molecule has 1 N–H and O–H groups in total. The molecule has 3 aromatic carbocycles. The standard InChI is InChI=1S/C26H25NO/c1-19-14-16-24(17-15-19)27-26(28)21(3)20(2)25(23-12-8-5-9-13-23)18-22-10-6-4-7-11-22/h4-18H,1-3H3,(H,27,28)/b21-20-,25-18-. The van der Waals surface area contributed by atoms with Crippen LogP contribution in [-0.2, 0) is 4.79 Å². The van der Waals surface area contributed by atoms with Crippen LogP contribution in [0.1, 0.15) is 30.5 Å². The molecule has 3 rings (SSSR count). The molecule has 0 aliphatic rings. The zero-order chi connectivity index (χ0) is 19.9. The molecule has 28 heavy (non-hydrogen) atoms. The Labute approximate surface area is 167 Å². The van der Waals surface area contributed by atoms with E-state index in [1.165, 1.54) is 5.56 Å². The smallest absolute Gasteiger partial charge is 0.251 e. The number of hydrogen-bond donors (Lipinski definition) is 1. The van der Waals surface area contributed by atoms with Crippen LogP contribution in [-0.4, -0.2) is 5.91 Å². The van der Waals surface area contributed by atoms with Gasteiger partial charge >= 0.3 is 0 Å². The Morgan fingerprint density at radius 3 is 1.93 bits per heavy atom. The van der Waals surface area contributed by atoms with Gasteiger partial charge in [-0.05, 0) is 61.3 Å². The van der Waals surface area contributed by atoms with Crippen LogP contribution in [0.25, 0.3) is 11.6 Å². The van der Waals surface area contributed by atoms with Crippen molar-refractivity contribution in [1.82, 2.24) is 0 Å². The van der Waals surface area contributed by atoms with Crippen LogP contribution in [0.15, 0.2) is 96.1 Å². The summed E-state index contributed by atoms with van der Waals surface area (Å²) in [5.41, 5.74) is 6.86. The zero-order valence-corrected chi connectivity index (χ0v) is 16.6. The maximum absolute atomic E-state index is 12.8. The van der Waals surface area contributed by atoms with Crippen molar-refractivity contribution in [1.29, 1.82) is 0 Å². The highest BCUT2D eigenvalue weighted by Gasteiger charge is 2.13. The van der Waals surface area contributed by atoms with Gasteiger partial charge in [-0.2, -0.15) is 0 Å². The van der Waals surface area contributed by atoms with Gasteiger partial charge in [-0.1, -0.05) is 78.4 Å². The number of aryl methyl sites for hydroxylation is 1. The Kier molecular flexibility index (Phi) is 6.23. The maximum Gasteiger partial charge on any atom is 0.251 e. The molecule has 0 radical (unpaired) electrons. The first kappa shape index (κ1) is 19.4. The molecule has 0 aliphatic carbocycles. The summed E-state index contributed by atoms with van der Waals surface area (Å²) in [6, 6.07) is 28.2. The quantitative estimate of drug-likeness (QED) is 0.311. The number of nitrogens with one attached hydrogen (secondary N) is 1. The number of carbonyl (C=O) groups excluding carboxylic acids is 1. The third-order valence-electron chi connectivity index (χ3n) is 4.81. The SMILES string of the molecule is C/C(C(=O)Nc1ccc(C)cc1)=C(C)/C(=C/c1ccccc1)c1ccccc1. The van der Waals surface area contributed by atoms with E-state index in [2.05, 4.69) is 35.7 Å². The van der Waals surface area contributed by atoms with E-state index < -0.39 is 0 Å². The molecule has 0 saturated carbocycles. The lowest BCUT2D eigenvalue weighted by Gasteiger charge is -2.14. The molecule has 3 aromatic rings. The Morgan fingerprint density at radius 1 is 0.750 bits per heavy atom. The van der Waals surface area contributed by atoms with Gasteiger partial charge in [-0.15, -0.1) is 0 Å². The summed E-state index contributed by atoms with van der Waals surface area (Å²) in [5.74, 6) is -0.0868. The van der Waals surface area contributed by atoms with E-state index in [-0.39, 0.29) is 5.91 Å². The van der Waals surface area contributed by atoms with Crippen molar-refractivity contribution in [3.8, 4) is 0 Å². The molecule has 0 spiro atoms. The van der Waals surface area contributed by atoms with E-state index >= 15 is 0 Å². The number of hydrogen-bond acceptors (Lipinski definition) is 1. The average Bonchev–Trinajstić information content (AvgIpc) is 2.74. The van der Waals surface area contributed by atoms with Crippen molar-refractivity contribution in [3.63, 3.8) is 0 Å². The van der Waals surface area contributed by atoms with E-state index in [0.717, 1.165) is 28.0 Å². The highest BCUT2D eigenvalue weighted by molar-refractivity contribution is 6.07. The predicted molar refractivity (Wildman–Crippen MR) is 119 cm³/mol. The van der Waals surface area contributed by atoms with Crippen molar-refractivity contribution in [2.75, 3.05) is 5.32 Å². The fourth-order valence-corrected chi connectivity index (χ4v) is 2.98. The molecule has 1 amide bonds. The van der Waals surface area contributed by atoms with Gasteiger partial charge in [0.25, 0.3) is 5.91 Å². The highest BCUT2D eigenvalue weighted by Crippen LogP contribution is 2.28. The molecule has 0 aliphatic heterocycles. The van der Waals surface area contributed by atoms with Gasteiger partial charge in [0.2, 0.25) is 0 Å². The molecular formula is C26H25NO. The lowest BCUT2D eigenvalue weighted by Crippen LogP contribution is -2.14. The summed E-state index contributed by atoms with van der Waals surface area (Å²) in [4.78, 5) is 12.8. The first-order chi connectivity index (χ1) is 13.5. The van der Waals surface area contributed by atoms with Crippen LogP contribution < -0.4 is 5.32 Å². The minimum Gasteiger partial charge on any atom is -0.322 e. The molecule has 140 valence electrons. The zero-order valence-electron chi connectivity index (χ0n) is 16.6. The normalized spacial score (nSPS) is 12.3. The minimum absolute atomic E-state index is 0.0868. The minimum atomic E-state index is -0.0868. The maximum atomic E-state index is 12.8. The first-order valence-electron chi connectivity index (χ1n) is 9.42. The highest BCUT2D eigenvalue weighted by atomic mass is 16.1. The molecule has 0 fully saturated rings. The van der Waals surface area contributed by atoms with Gasteiger partial charge in [0.1, 0.15) is 0 Å².